The molecule has 6 heterocycles. The van der Waals surface area contributed by atoms with Crippen molar-refractivity contribution in [1.29, 1.82) is 0 Å². The first-order chi connectivity index (χ1) is 31.4. The lowest BCUT2D eigenvalue weighted by Gasteiger charge is -2.22. The quantitative estimate of drug-likeness (QED) is 0.153. The molecule has 0 saturated heterocycles. The zero-order chi connectivity index (χ0) is 41.8. The molecule has 0 amide bonds. The Bertz CT molecular complexity index is 4130. The number of nitrogens with zero attached hydrogens (tertiary/aromatic N) is 2. The minimum atomic E-state index is -0.568. The molecular weight excluding hydrogens is 803 g/mol. The zero-order valence-electron chi connectivity index (χ0n) is 34.3. The molecule has 306 valence electrons. The van der Waals surface area contributed by atoms with E-state index in [1.54, 1.807) is 0 Å². The summed E-state index contributed by atoms with van der Waals surface area (Å²) in [4.78, 5) is 28.5. The largest absolute Gasteiger partial charge is 0.455 e. The maximum absolute atomic E-state index is 19.0. The number of fused-ring (bicyclic) bond motifs is 24. The fourth-order valence-corrected chi connectivity index (χ4v) is 14.2. The summed E-state index contributed by atoms with van der Waals surface area (Å²) in [6, 6.07) is 28.3. The van der Waals surface area contributed by atoms with Crippen LogP contribution in [0.1, 0.15) is 95.0 Å². The summed E-state index contributed by atoms with van der Waals surface area (Å²) in [5.41, 5.74) is 8.83. The molecule has 0 unspecified atom stereocenters. The van der Waals surface area contributed by atoms with Crippen LogP contribution in [0.15, 0.2) is 93.8 Å². The first-order valence-corrected chi connectivity index (χ1v) is 23.0. The van der Waals surface area contributed by atoms with Gasteiger partial charge in [-0.2, -0.15) is 0 Å². The van der Waals surface area contributed by atoms with Crippen molar-refractivity contribution < 1.29 is 27.2 Å². The molecule has 0 radical (unpaired) electrons. The second-order valence-corrected chi connectivity index (χ2v) is 19.7. The molecule has 6 aromatic heterocycles. The lowest BCUT2D eigenvalue weighted by Crippen LogP contribution is -2.15. The number of benzene rings is 7. The number of hydrogen-bond acceptors (Lipinski definition) is 4. The molecule has 0 aliphatic heterocycles. The third-order valence-electron chi connectivity index (χ3n) is 17.0. The van der Waals surface area contributed by atoms with Gasteiger partial charge in [-0.05, 0) is 123 Å². The number of Topliss-reactive ketones (excluding diaryl/α,β-unsaturated/α-hetero) is 2. The molecule has 7 aromatic carbocycles. The smallest absolute Gasteiger partial charge is 0.166 e. The predicted molar refractivity (Wildman–Crippen MR) is 248 cm³/mol. The second-order valence-electron chi connectivity index (χ2n) is 19.7. The summed E-state index contributed by atoms with van der Waals surface area (Å²) in [6.07, 6.45) is 7.38. The standard InChI is InChI=1S/C56H34F2N2O4/c57-47-43-45-49-33(19-37-27-5-1-3-7-41(27)63-55(37)45)31-17-29-23-9-13-25(14-10-23)53(61)35(29)21-39(31)59(49)51(43)48(58)44-46-50-34(20-38-28-6-2-4-8-42(28)64-56(38)46)32-18-30-24-11-15-26(16-12-24)54(62)36(30)22-40(32)60(50)52(44)47/h1-8,17-26H,9-16H2. The minimum absolute atomic E-state index is 0.0244. The first-order valence-electron chi connectivity index (χ1n) is 23.0. The number of para-hydroxylation sites is 2. The Labute approximate surface area is 360 Å². The molecule has 2 fully saturated rings. The molecule has 8 heteroatoms. The Morgan fingerprint density at radius 1 is 0.422 bits per heavy atom. The molecule has 64 heavy (non-hydrogen) atoms. The van der Waals surface area contributed by atoms with Gasteiger partial charge in [-0.15, -0.1) is 0 Å². The summed E-state index contributed by atoms with van der Waals surface area (Å²) in [7, 11) is 0. The number of carbonyl (C=O) groups excluding carboxylic acids is 2. The molecule has 0 spiro atoms. The number of halogens is 2. The molecule has 6 aliphatic carbocycles. The average molecular weight is 837 g/mol. The molecule has 6 aliphatic rings. The van der Waals surface area contributed by atoms with E-state index in [2.05, 4.69) is 24.3 Å². The molecule has 2 saturated carbocycles. The van der Waals surface area contributed by atoms with Crippen LogP contribution in [0, 0.1) is 23.5 Å². The summed E-state index contributed by atoms with van der Waals surface area (Å²) >= 11 is 0. The maximum Gasteiger partial charge on any atom is 0.166 e. The second kappa shape index (κ2) is 10.8. The van der Waals surface area contributed by atoms with E-state index in [9.17, 15) is 9.59 Å². The van der Waals surface area contributed by atoms with Gasteiger partial charge in [0.25, 0.3) is 0 Å². The Hall–Kier alpha value is -7.06. The van der Waals surface area contributed by atoms with E-state index >= 15 is 8.78 Å². The first kappa shape index (κ1) is 33.5. The lowest BCUT2D eigenvalue weighted by atomic mass is 9.82. The highest BCUT2D eigenvalue weighted by Gasteiger charge is 2.40. The van der Waals surface area contributed by atoms with Crippen LogP contribution in [0.5, 0.6) is 0 Å². The van der Waals surface area contributed by atoms with Crippen LogP contribution in [0.3, 0.4) is 0 Å². The van der Waals surface area contributed by atoms with Crippen molar-refractivity contribution in [2.24, 2.45) is 11.8 Å². The lowest BCUT2D eigenvalue weighted by molar-refractivity contribution is 0.0891. The van der Waals surface area contributed by atoms with Gasteiger partial charge in [-0.25, -0.2) is 8.78 Å². The van der Waals surface area contributed by atoms with E-state index in [0.29, 0.717) is 66.3 Å². The summed E-state index contributed by atoms with van der Waals surface area (Å²) < 4.78 is 55.3. The van der Waals surface area contributed by atoms with Crippen LogP contribution in [0.2, 0.25) is 0 Å². The summed E-state index contributed by atoms with van der Waals surface area (Å²) in [6.45, 7) is 0. The number of rotatable bonds is 0. The van der Waals surface area contributed by atoms with Crippen molar-refractivity contribution in [2.75, 3.05) is 0 Å². The highest BCUT2D eigenvalue weighted by atomic mass is 19.1. The van der Waals surface area contributed by atoms with Crippen molar-refractivity contribution in [3.8, 4) is 0 Å². The van der Waals surface area contributed by atoms with Gasteiger partial charge in [0.1, 0.15) is 22.3 Å². The van der Waals surface area contributed by atoms with Crippen molar-refractivity contribution in [3.05, 3.63) is 119 Å². The monoisotopic (exact) mass is 836 g/mol. The van der Waals surface area contributed by atoms with Crippen LogP contribution < -0.4 is 0 Å². The molecular formula is C56H34F2N2O4. The maximum atomic E-state index is 19.0. The van der Waals surface area contributed by atoms with Gasteiger partial charge in [0.2, 0.25) is 0 Å². The third-order valence-corrected chi connectivity index (χ3v) is 17.0. The summed E-state index contributed by atoms with van der Waals surface area (Å²) in [5.74, 6) is -0.311. The Morgan fingerprint density at radius 3 is 1.27 bits per heavy atom. The Kier molecular flexibility index (Phi) is 5.66. The van der Waals surface area contributed by atoms with Gasteiger partial charge in [0.05, 0.1) is 54.6 Å². The zero-order valence-corrected chi connectivity index (χ0v) is 34.3. The van der Waals surface area contributed by atoms with Crippen LogP contribution in [0.4, 0.5) is 8.78 Å². The normalized spacial score (nSPS) is 21.5. The number of aromatic nitrogens is 2. The number of furan rings is 2. The van der Waals surface area contributed by atoms with Crippen molar-refractivity contribution in [1.82, 2.24) is 8.80 Å². The predicted octanol–water partition coefficient (Wildman–Crippen LogP) is 15.0. The average Bonchev–Trinajstić information content (AvgIpc) is 4.14. The van der Waals surface area contributed by atoms with Crippen LogP contribution in [0.25, 0.3) is 120 Å². The third kappa shape index (κ3) is 3.59. The van der Waals surface area contributed by atoms with Crippen molar-refractivity contribution >= 4 is 132 Å². The summed E-state index contributed by atoms with van der Waals surface area (Å²) in [5, 5.41) is 8.33. The van der Waals surface area contributed by atoms with E-state index in [1.165, 1.54) is 0 Å². The molecule has 6 nitrogen and oxygen atoms in total. The van der Waals surface area contributed by atoms with Gasteiger partial charge < -0.3 is 17.6 Å². The molecule has 0 N–H and O–H groups in total. The van der Waals surface area contributed by atoms with Crippen LogP contribution in [-0.4, -0.2) is 20.4 Å². The SMILES string of the molecule is O=C1c2cc3c(cc2C2CCC1CC2)c1cc2c4ccccc4oc2c2c4c(F)c5c(c(F)c4n3c12)c1c2oc3ccccc3c2cc2c3cc4c(cc3n5c21)C(=O)C1CCC4CC1. The molecule has 19 rings (SSSR count). The Balaban J connectivity index is 1.14. The van der Waals surface area contributed by atoms with Gasteiger partial charge in [0.15, 0.2) is 23.2 Å². The van der Waals surface area contributed by atoms with E-state index in [4.69, 9.17) is 8.83 Å². The van der Waals surface area contributed by atoms with Gasteiger partial charge >= 0.3 is 0 Å². The number of carbonyl (C=O) groups is 2. The van der Waals surface area contributed by atoms with Gasteiger partial charge in [-0.1, -0.05) is 36.4 Å². The Morgan fingerprint density at radius 2 is 0.828 bits per heavy atom. The molecule has 13 aromatic rings. The highest BCUT2D eigenvalue weighted by molar-refractivity contribution is 6.38. The van der Waals surface area contributed by atoms with E-state index in [1.807, 2.05) is 69.5 Å². The van der Waals surface area contributed by atoms with Crippen molar-refractivity contribution in [2.45, 2.75) is 63.2 Å². The molecule has 0 atom stereocenters. The van der Waals surface area contributed by atoms with E-state index in [-0.39, 0.29) is 57.0 Å². The molecule has 4 bridgehead atoms. The number of ketones is 2. The van der Waals surface area contributed by atoms with Crippen LogP contribution in [-0.2, 0) is 0 Å². The highest BCUT2D eigenvalue weighted by Crippen LogP contribution is 2.55. The van der Waals surface area contributed by atoms with Gasteiger partial charge in [-0.3, -0.25) is 9.59 Å². The minimum Gasteiger partial charge on any atom is -0.455 e. The van der Waals surface area contributed by atoms with E-state index < -0.39 is 11.6 Å². The number of hydrogen-bond donors (Lipinski definition) is 0. The fourth-order valence-electron chi connectivity index (χ4n) is 14.2. The van der Waals surface area contributed by atoms with Gasteiger partial charge in [0, 0.05) is 66.1 Å². The topological polar surface area (TPSA) is 69.2 Å². The van der Waals surface area contributed by atoms with Crippen LogP contribution >= 0.6 is 0 Å². The fraction of sp³-hybridized carbons (Fsp3) is 0.214. The van der Waals surface area contributed by atoms with E-state index in [0.717, 1.165) is 106 Å². The van der Waals surface area contributed by atoms with Crippen molar-refractivity contribution in [3.63, 3.8) is 0 Å².